The number of nitrogens with two attached hydrogens (primary N) is 1. The van der Waals surface area contributed by atoms with Crippen LogP contribution in [0.3, 0.4) is 0 Å². The second-order valence-corrected chi connectivity index (χ2v) is 7.57. The van der Waals surface area contributed by atoms with Gasteiger partial charge in [0.2, 0.25) is 5.89 Å². The van der Waals surface area contributed by atoms with E-state index >= 15 is 0 Å². The Morgan fingerprint density at radius 3 is 2.73 bits per heavy atom. The predicted molar refractivity (Wildman–Crippen MR) is 105 cm³/mol. The van der Waals surface area contributed by atoms with Crippen molar-refractivity contribution in [2.75, 3.05) is 18.8 Å². The van der Waals surface area contributed by atoms with Crippen LogP contribution < -0.4 is 5.73 Å². The molecular weight excluding hydrogens is 446 g/mol. The van der Waals surface area contributed by atoms with E-state index in [-0.39, 0.29) is 29.7 Å². The van der Waals surface area contributed by atoms with Gasteiger partial charge in [-0.2, -0.15) is 23.3 Å². The second kappa shape index (κ2) is 7.53. The number of fused-ring (bicyclic) bond motifs is 1. The lowest BCUT2D eigenvalue weighted by molar-refractivity contribution is -0.146. The Balaban J connectivity index is 1.37. The van der Waals surface area contributed by atoms with Crippen molar-refractivity contribution in [3.63, 3.8) is 0 Å². The minimum atomic E-state index is -4.71. The molecule has 0 bridgehead atoms. The van der Waals surface area contributed by atoms with E-state index in [4.69, 9.17) is 10.3 Å². The highest BCUT2D eigenvalue weighted by molar-refractivity contribution is 5.96. The number of hydrogen-bond donors (Lipinski definition) is 1. The maximum Gasteiger partial charge on any atom is 0.455 e. The molecule has 1 aromatic carbocycles. The molecule has 2 N–H and O–H groups in total. The third-order valence-corrected chi connectivity index (χ3v) is 5.36. The molecule has 0 aliphatic carbocycles. The zero-order chi connectivity index (χ0) is 23.3. The Morgan fingerprint density at radius 1 is 1.24 bits per heavy atom. The third-order valence-electron chi connectivity index (χ3n) is 5.36. The fraction of sp³-hybridized carbons (Fsp3) is 0.250. The number of nitrogens with zero attached hydrogens (tertiary/aromatic N) is 6. The quantitative estimate of drug-likeness (QED) is 0.465. The lowest BCUT2D eigenvalue weighted by Gasteiger charge is -2.38. The highest BCUT2D eigenvalue weighted by Crippen LogP contribution is 2.33. The summed E-state index contributed by atoms with van der Waals surface area (Å²) in [6, 6.07) is 8.37. The molecule has 1 amide bonds. The van der Waals surface area contributed by atoms with Gasteiger partial charge in [-0.05, 0) is 12.1 Å². The maximum absolute atomic E-state index is 14.0. The molecule has 0 unspecified atom stereocenters. The first-order chi connectivity index (χ1) is 15.7. The first kappa shape index (κ1) is 20.8. The van der Waals surface area contributed by atoms with E-state index < -0.39 is 23.7 Å². The van der Waals surface area contributed by atoms with Crippen LogP contribution in [0.15, 0.2) is 41.1 Å². The lowest BCUT2D eigenvalue weighted by atomic mass is 9.93. The molecule has 1 fully saturated rings. The van der Waals surface area contributed by atoms with Crippen molar-refractivity contribution in [1.82, 2.24) is 29.8 Å². The summed E-state index contributed by atoms with van der Waals surface area (Å²) in [7, 11) is 0. The molecule has 0 radical (unpaired) electrons. The summed E-state index contributed by atoms with van der Waals surface area (Å²) in [4.78, 5) is 21.1. The number of pyridine rings is 1. The largest absolute Gasteiger partial charge is 0.455 e. The van der Waals surface area contributed by atoms with E-state index in [9.17, 15) is 22.4 Å². The van der Waals surface area contributed by atoms with Gasteiger partial charge in [0.25, 0.3) is 11.7 Å². The Bertz CT molecular complexity index is 1360. The summed E-state index contributed by atoms with van der Waals surface area (Å²) in [5, 5.41) is 8.29. The van der Waals surface area contributed by atoms with Crippen LogP contribution in [0.1, 0.15) is 33.7 Å². The average Bonchev–Trinajstić information content (AvgIpc) is 3.35. The number of anilines is 1. The van der Waals surface area contributed by atoms with Crippen LogP contribution in [0, 0.1) is 5.82 Å². The van der Waals surface area contributed by atoms with Gasteiger partial charge in [-0.25, -0.2) is 9.37 Å². The van der Waals surface area contributed by atoms with Gasteiger partial charge in [-0.3, -0.25) is 9.48 Å². The van der Waals surface area contributed by atoms with Gasteiger partial charge in [-0.15, -0.1) is 0 Å². The zero-order valence-corrected chi connectivity index (χ0v) is 16.8. The van der Waals surface area contributed by atoms with Crippen LogP contribution in [0.4, 0.5) is 23.4 Å². The standard InChI is InChI=1S/C20H15F4N7O2/c21-13-6-26-15(25)5-12(13)18(32)30-7-10(8-30)17-11-3-1-2-4-14(11)31(28-17)9-16-27-19(29-33-16)20(22,23)24/h1-6,10H,7-9H2,(H2,25,26). The van der Waals surface area contributed by atoms with E-state index in [0.29, 0.717) is 24.3 Å². The molecule has 0 atom stereocenters. The first-order valence-electron chi connectivity index (χ1n) is 9.76. The van der Waals surface area contributed by atoms with Crippen LogP contribution in [0.25, 0.3) is 10.9 Å². The van der Waals surface area contributed by atoms with Crippen molar-refractivity contribution < 1.29 is 26.9 Å². The highest BCUT2D eigenvalue weighted by atomic mass is 19.4. The molecule has 5 rings (SSSR count). The predicted octanol–water partition coefficient (Wildman–Crippen LogP) is 2.84. The summed E-state index contributed by atoms with van der Waals surface area (Å²) in [6.45, 7) is 0.432. The number of aromatic nitrogens is 5. The molecule has 9 nitrogen and oxygen atoms in total. The number of carbonyl (C=O) groups excluding carboxylic acids is 1. The molecule has 0 spiro atoms. The molecule has 170 valence electrons. The van der Waals surface area contributed by atoms with Crippen molar-refractivity contribution in [2.24, 2.45) is 0 Å². The number of rotatable bonds is 4. The number of likely N-dealkylation sites (tertiary alicyclic amines) is 1. The first-order valence-corrected chi connectivity index (χ1v) is 9.76. The molecule has 4 aromatic rings. The maximum atomic E-state index is 14.0. The minimum Gasteiger partial charge on any atom is -0.384 e. The average molecular weight is 461 g/mol. The molecule has 33 heavy (non-hydrogen) atoms. The van der Waals surface area contributed by atoms with Crippen LogP contribution in [-0.4, -0.2) is 48.8 Å². The topological polar surface area (TPSA) is 116 Å². The SMILES string of the molecule is Nc1cc(C(=O)N2CC(c3nn(Cc4nc(C(F)(F)F)no4)c4ccccc34)C2)c(F)cn1. The molecule has 1 aliphatic heterocycles. The number of alkyl halides is 3. The number of nitrogen functional groups attached to an aromatic ring is 1. The number of para-hydroxylation sites is 1. The second-order valence-electron chi connectivity index (χ2n) is 7.57. The normalized spacial score (nSPS) is 14.6. The fourth-order valence-corrected chi connectivity index (χ4v) is 3.74. The van der Waals surface area contributed by atoms with Gasteiger partial charge in [0.15, 0.2) is 5.82 Å². The van der Waals surface area contributed by atoms with E-state index in [2.05, 4.69) is 20.2 Å². The number of halogens is 4. The molecule has 1 saturated heterocycles. The monoisotopic (exact) mass is 461 g/mol. The van der Waals surface area contributed by atoms with Gasteiger partial charge in [0.05, 0.1) is 23.0 Å². The van der Waals surface area contributed by atoms with Gasteiger partial charge in [-0.1, -0.05) is 23.4 Å². The number of carbonyl (C=O) groups is 1. The van der Waals surface area contributed by atoms with Crippen LogP contribution >= 0.6 is 0 Å². The summed E-state index contributed by atoms with van der Waals surface area (Å²) in [5.41, 5.74) is 6.73. The van der Waals surface area contributed by atoms with Crippen LogP contribution in [-0.2, 0) is 12.7 Å². The highest BCUT2D eigenvalue weighted by Gasteiger charge is 2.38. The van der Waals surface area contributed by atoms with Crippen molar-refractivity contribution in [3.05, 3.63) is 65.3 Å². The summed E-state index contributed by atoms with van der Waals surface area (Å²) >= 11 is 0. The Labute approximate surface area is 182 Å². The van der Waals surface area contributed by atoms with E-state index in [0.717, 1.165) is 11.6 Å². The fourth-order valence-electron chi connectivity index (χ4n) is 3.74. The molecule has 0 saturated carbocycles. The van der Waals surface area contributed by atoms with Gasteiger partial charge < -0.3 is 15.2 Å². The smallest absolute Gasteiger partial charge is 0.384 e. The van der Waals surface area contributed by atoms with Crippen molar-refractivity contribution in [1.29, 1.82) is 0 Å². The van der Waals surface area contributed by atoms with Crippen molar-refractivity contribution >= 4 is 22.6 Å². The number of hydrogen-bond acceptors (Lipinski definition) is 7. The van der Waals surface area contributed by atoms with Crippen LogP contribution in [0.2, 0.25) is 0 Å². The molecule has 3 aromatic heterocycles. The Morgan fingerprint density at radius 2 is 2.00 bits per heavy atom. The summed E-state index contributed by atoms with van der Waals surface area (Å²) < 4.78 is 58.5. The summed E-state index contributed by atoms with van der Waals surface area (Å²) in [6.07, 6.45) is -3.81. The van der Waals surface area contributed by atoms with Gasteiger partial charge in [0.1, 0.15) is 12.4 Å². The zero-order valence-electron chi connectivity index (χ0n) is 16.8. The van der Waals surface area contributed by atoms with Gasteiger partial charge >= 0.3 is 6.18 Å². The van der Waals surface area contributed by atoms with E-state index in [1.807, 2.05) is 12.1 Å². The number of benzene rings is 1. The summed E-state index contributed by atoms with van der Waals surface area (Å²) in [5.74, 6) is -2.96. The molecule has 4 heterocycles. The van der Waals surface area contributed by atoms with Crippen molar-refractivity contribution in [3.8, 4) is 0 Å². The van der Waals surface area contributed by atoms with E-state index in [1.165, 1.54) is 15.6 Å². The van der Waals surface area contributed by atoms with E-state index in [1.54, 1.807) is 12.1 Å². The minimum absolute atomic E-state index is 0.0382. The van der Waals surface area contributed by atoms with Gasteiger partial charge in [0, 0.05) is 24.4 Å². The molecular formula is C20H15F4N7O2. The third kappa shape index (κ3) is 3.75. The number of amides is 1. The lowest BCUT2D eigenvalue weighted by Crippen LogP contribution is -2.49. The van der Waals surface area contributed by atoms with Crippen molar-refractivity contribution in [2.45, 2.75) is 18.6 Å². The Kier molecular flexibility index (Phi) is 4.76. The molecule has 13 heteroatoms. The van der Waals surface area contributed by atoms with Crippen LogP contribution in [0.5, 0.6) is 0 Å². The Hall–Kier alpha value is -4.03. The molecule has 1 aliphatic rings.